The summed E-state index contributed by atoms with van der Waals surface area (Å²) < 4.78 is 52.2. The fourth-order valence-corrected chi connectivity index (χ4v) is 8.42. The van der Waals surface area contributed by atoms with Gasteiger partial charge in [0.05, 0.1) is 9.79 Å². The van der Waals surface area contributed by atoms with Crippen molar-refractivity contribution in [3.8, 4) is 0 Å². The molecule has 1 aromatic rings. The molecule has 1 unspecified atom stereocenters. The van der Waals surface area contributed by atoms with Gasteiger partial charge in [-0.2, -0.15) is 0 Å². The Morgan fingerprint density at radius 1 is 0.926 bits per heavy atom. The van der Waals surface area contributed by atoms with E-state index in [2.05, 4.69) is 11.6 Å². The van der Waals surface area contributed by atoms with E-state index in [0.29, 0.717) is 0 Å². The van der Waals surface area contributed by atoms with E-state index in [1.807, 2.05) is 0 Å². The molecule has 0 aliphatic heterocycles. The van der Waals surface area contributed by atoms with Crippen LogP contribution >= 0.6 is 0 Å². The van der Waals surface area contributed by atoms with Crippen LogP contribution in [-0.4, -0.2) is 29.1 Å². The molecule has 7 heteroatoms. The highest BCUT2D eigenvalue weighted by atomic mass is 32.2. The van der Waals surface area contributed by atoms with Gasteiger partial charge in [-0.05, 0) is 92.4 Å². The van der Waals surface area contributed by atoms with Crippen LogP contribution in [0.4, 0.5) is 0 Å². The minimum absolute atomic E-state index is 0.0505. The molecule has 27 heavy (non-hydrogen) atoms. The molecule has 0 saturated heterocycles. The molecule has 1 atom stereocenters. The maximum Gasteiger partial charge on any atom is 0.240 e. The molecule has 0 heterocycles. The van der Waals surface area contributed by atoms with E-state index in [1.54, 1.807) is 0 Å². The molecular formula is C20H29NO4S2. The molecule has 4 bridgehead atoms. The third-order valence-electron chi connectivity index (χ3n) is 7.09. The summed E-state index contributed by atoms with van der Waals surface area (Å²) in [6.45, 7) is 2.07. The van der Waals surface area contributed by atoms with E-state index in [9.17, 15) is 16.8 Å². The van der Waals surface area contributed by atoms with Crippen molar-refractivity contribution >= 4 is 19.9 Å². The van der Waals surface area contributed by atoms with Crippen molar-refractivity contribution < 1.29 is 16.8 Å². The lowest BCUT2D eigenvalue weighted by Gasteiger charge is -2.59. The summed E-state index contributed by atoms with van der Waals surface area (Å²) in [6, 6.07) is 5.48. The van der Waals surface area contributed by atoms with Crippen LogP contribution in [0.1, 0.15) is 51.9 Å². The zero-order valence-corrected chi connectivity index (χ0v) is 17.7. The molecule has 0 amide bonds. The van der Waals surface area contributed by atoms with Gasteiger partial charge in [-0.25, -0.2) is 21.6 Å². The molecule has 5 rings (SSSR count). The van der Waals surface area contributed by atoms with E-state index in [0.717, 1.165) is 49.7 Å². The van der Waals surface area contributed by atoms with Crippen molar-refractivity contribution in [1.29, 1.82) is 0 Å². The van der Waals surface area contributed by atoms with Gasteiger partial charge in [0.25, 0.3) is 0 Å². The Hall–Kier alpha value is -0.920. The van der Waals surface area contributed by atoms with Gasteiger partial charge in [0.1, 0.15) is 0 Å². The predicted octanol–water partition coefficient (Wildman–Crippen LogP) is 3.36. The number of benzene rings is 1. The van der Waals surface area contributed by atoms with Crippen molar-refractivity contribution in [3.63, 3.8) is 0 Å². The Morgan fingerprint density at radius 3 is 1.78 bits per heavy atom. The van der Waals surface area contributed by atoms with E-state index in [-0.39, 0.29) is 21.2 Å². The van der Waals surface area contributed by atoms with Crippen molar-refractivity contribution in [2.45, 2.75) is 67.7 Å². The molecule has 150 valence electrons. The summed E-state index contributed by atoms with van der Waals surface area (Å²) in [6.07, 6.45) is 9.33. The first-order valence-corrected chi connectivity index (χ1v) is 13.3. The molecule has 1 aromatic carbocycles. The number of sulfonamides is 1. The van der Waals surface area contributed by atoms with Gasteiger partial charge < -0.3 is 0 Å². The Labute approximate surface area is 162 Å². The first-order chi connectivity index (χ1) is 12.6. The Bertz CT molecular complexity index is 884. The second kappa shape index (κ2) is 6.56. The highest BCUT2D eigenvalue weighted by Gasteiger charge is 2.54. The van der Waals surface area contributed by atoms with Gasteiger partial charge in [-0.1, -0.05) is 6.92 Å². The summed E-state index contributed by atoms with van der Waals surface area (Å²) in [5.41, 5.74) is 0.100. The van der Waals surface area contributed by atoms with Gasteiger partial charge >= 0.3 is 0 Å². The smallest absolute Gasteiger partial charge is 0.224 e. The molecular weight excluding hydrogens is 382 g/mol. The molecule has 0 spiro atoms. The van der Waals surface area contributed by atoms with Crippen LogP contribution in [0.25, 0.3) is 0 Å². The number of hydrogen-bond acceptors (Lipinski definition) is 4. The minimum Gasteiger partial charge on any atom is -0.224 e. The van der Waals surface area contributed by atoms with Crippen molar-refractivity contribution in [2.24, 2.45) is 23.2 Å². The average molecular weight is 412 g/mol. The van der Waals surface area contributed by atoms with Crippen LogP contribution in [0, 0.1) is 23.2 Å². The lowest BCUT2D eigenvalue weighted by molar-refractivity contribution is -0.0704. The van der Waals surface area contributed by atoms with Crippen LogP contribution < -0.4 is 4.72 Å². The Balaban J connectivity index is 1.58. The van der Waals surface area contributed by atoms with E-state index < -0.39 is 19.9 Å². The highest BCUT2D eigenvalue weighted by molar-refractivity contribution is 7.90. The largest absolute Gasteiger partial charge is 0.240 e. The van der Waals surface area contributed by atoms with Crippen LogP contribution in [0.3, 0.4) is 0 Å². The molecule has 0 aromatic heterocycles. The maximum atomic E-state index is 13.0. The van der Waals surface area contributed by atoms with Gasteiger partial charge in [0.2, 0.25) is 10.0 Å². The quantitative estimate of drug-likeness (QED) is 0.778. The topological polar surface area (TPSA) is 80.3 Å². The summed E-state index contributed by atoms with van der Waals surface area (Å²) in [7, 11) is -7.01. The third-order valence-corrected chi connectivity index (χ3v) is 9.71. The standard InChI is InChI=1S/C20H29NO4S2/c1-3-19(20-11-14-8-15(12-20)10-16(9-14)13-20)21-27(24,25)18-6-4-17(5-7-18)26(2,22)23/h4-7,14-16,19,21H,3,8-13H2,1-2H3. The summed E-state index contributed by atoms with van der Waals surface area (Å²) in [4.78, 5) is 0.271. The van der Waals surface area contributed by atoms with Crippen molar-refractivity contribution in [2.75, 3.05) is 6.26 Å². The van der Waals surface area contributed by atoms with Gasteiger partial charge in [-0.15, -0.1) is 0 Å². The molecule has 4 fully saturated rings. The van der Waals surface area contributed by atoms with Crippen molar-refractivity contribution in [1.82, 2.24) is 4.72 Å². The van der Waals surface area contributed by atoms with Gasteiger partial charge in [0.15, 0.2) is 9.84 Å². The molecule has 1 N–H and O–H groups in total. The normalized spacial score (nSPS) is 33.9. The van der Waals surface area contributed by atoms with Crippen LogP contribution in [0.15, 0.2) is 34.1 Å². The van der Waals surface area contributed by atoms with Crippen LogP contribution in [0.2, 0.25) is 0 Å². The molecule has 0 radical (unpaired) electrons. The lowest BCUT2D eigenvalue weighted by atomic mass is 9.47. The van der Waals surface area contributed by atoms with Crippen molar-refractivity contribution in [3.05, 3.63) is 24.3 Å². The SMILES string of the molecule is CCC(NS(=O)(=O)c1ccc(S(C)(=O)=O)cc1)C12CC3CC(CC(C3)C1)C2. The zero-order valence-electron chi connectivity index (χ0n) is 16.0. The average Bonchev–Trinajstić information content (AvgIpc) is 2.58. The number of hydrogen-bond donors (Lipinski definition) is 1. The second-order valence-electron chi connectivity index (χ2n) is 9.11. The first kappa shape index (κ1) is 19.4. The van der Waals surface area contributed by atoms with Gasteiger partial charge in [0, 0.05) is 12.3 Å². The molecule has 4 saturated carbocycles. The Kier molecular flexibility index (Phi) is 4.71. The Morgan fingerprint density at radius 2 is 1.37 bits per heavy atom. The number of nitrogens with one attached hydrogen (secondary N) is 1. The van der Waals surface area contributed by atoms with Crippen LogP contribution in [-0.2, 0) is 19.9 Å². The highest BCUT2D eigenvalue weighted by Crippen LogP contribution is 2.61. The maximum absolute atomic E-state index is 13.0. The number of sulfone groups is 1. The second-order valence-corrected chi connectivity index (χ2v) is 12.8. The predicted molar refractivity (Wildman–Crippen MR) is 105 cm³/mol. The monoisotopic (exact) mass is 411 g/mol. The lowest BCUT2D eigenvalue weighted by Crippen LogP contribution is -2.56. The van der Waals surface area contributed by atoms with E-state index in [1.165, 1.54) is 43.5 Å². The molecule has 4 aliphatic carbocycles. The van der Waals surface area contributed by atoms with E-state index in [4.69, 9.17) is 0 Å². The first-order valence-electron chi connectivity index (χ1n) is 9.94. The third kappa shape index (κ3) is 3.58. The molecule has 4 aliphatic rings. The van der Waals surface area contributed by atoms with Crippen LogP contribution in [0.5, 0.6) is 0 Å². The number of rotatable bonds is 6. The molecule has 5 nitrogen and oxygen atoms in total. The summed E-state index contributed by atoms with van der Waals surface area (Å²) in [5, 5.41) is 0. The fourth-order valence-electron chi connectivity index (χ4n) is 6.37. The van der Waals surface area contributed by atoms with Gasteiger partial charge in [-0.3, -0.25) is 0 Å². The minimum atomic E-state index is -3.67. The zero-order chi connectivity index (χ0) is 19.4. The summed E-state index contributed by atoms with van der Waals surface area (Å²) in [5.74, 6) is 2.30. The fraction of sp³-hybridized carbons (Fsp3) is 0.700. The summed E-state index contributed by atoms with van der Waals surface area (Å²) >= 11 is 0. The van der Waals surface area contributed by atoms with E-state index >= 15 is 0 Å².